The van der Waals surface area contributed by atoms with Crippen LogP contribution in [-0.4, -0.2) is 38.8 Å². The van der Waals surface area contributed by atoms with Gasteiger partial charge < -0.3 is 20.1 Å². The van der Waals surface area contributed by atoms with Crippen molar-refractivity contribution in [2.75, 3.05) is 0 Å². The van der Waals surface area contributed by atoms with E-state index >= 15 is 0 Å². The van der Waals surface area contributed by atoms with Crippen molar-refractivity contribution in [2.45, 2.75) is 6.92 Å². The number of carbonyl (C=O) groups excluding carboxylic acids is 3. The molecule has 0 aromatic heterocycles. The fourth-order valence-electron chi connectivity index (χ4n) is 2.73. The number of aromatic carboxylic acids is 1. The Bertz CT molecular complexity index is 987. The van der Waals surface area contributed by atoms with Gasteiger partial charge >= 0.3 is 11.9 Å². The van der Waals surface area contributed by atoms with E-state index in [9.17, 15) is 34.5 Å². The van der Waals surface area contributed by atoms with Gasteiger partial charge in [0.1, 0.15) is 17.1 Å². The van der Waals surface area contributed by atoms with Crippen LogP contribution in [0.3, 0.4) is 0 Å². The van der Waals surface area contributed by atoms with Crippen molar-refractivity contribution in [3.05, 3.63) is 52.1 Å². The Kier molecular flexibility index (Phi) is 3.53. The van der Waals surface area contributed by atoms with Gasteiger partial charge in [0.15, 0.2) is 11.5 Å². The predicted molar refractivity (Wildman–Crippen MR) is 81.3 cm³/mol. The molecule has 25 heavy (non-hydrogen) atoms. The quantitative estimate of drug-likeness (QED) is 0.470. The van der Waals surface area contributed by atoms with E-state index in [0.717, 1.165) is 13.0 Å². The average Bonchev–Trinajstić information content (AvgIpc) is 2.52. The molecule has 0 aliphatic heterocycles. The molecule has 2 aromatic carbocycles. The molecule has 3 N–H and O–H groups in total. The van der Waals surface area contributed by atoms with E-state index in [2.05, 4.69) is 0 Å². The molecule has 8 heteroatoms. The molecule has 0 bridgehead atoms. The molecule has 0 amide bonds. The van der Waals surface area contributed by atoms with E-state index < -0.39 is 57.4 Å². The Morgan fingerprint density at radius 1 is 0.960 bits per heavy atom. The maximum atomic E-state index is 12.8. The number of phenolic OH excluding ortho intramolecular Hbond substituents is 2. The highest BCUT2D eigenvalue weighted by Gasteiger charge is 2.39. The molecule has 1 aliphatic rings. The Morgan fingerprint density at radius 2 is 1.64 bits per heavy atom. The topological polar surface area (TPSA) is 138 Å². The first-order valence-electron chi connectivity index (χ1n) is 6.97. The van der Waals surface area contributed by atoms with Gasteiger partial charge in [-0.15, -0.1) is 0 Å². The van der Waals surface area contributed by atoms with Crippen LogP contribution >= 0.6 is 0 Å². The predicted octanol–water partition coefficient (Wildman–Crippen LogP) is 1.50. The zero-order chi connectivity index (χ0) is 18.5. The van der Waals surface area contributed by atoms with Gasteiger partial charge in [-0.25, -0.2) is 4.79 Å². The zero-order valence-electron chi connectivity index (χ0n) is 12.7. The molecule has 2 aromatic rings. The first-order chi connectivity index (χ1) is 11.7. The summed E-state index contributed by atoms with van der Waals surface area (Å²) in [6.07, 6.45) is 0. The zero-order valence-corrected chi connectivity index (χ0v) is 12.7. The number of carbonyl (C=O) groups is 4. The van der Waals surface area contributed by atoms with Crippen molar-refractivity contribution < 1.29 is 39.2 Å². The van der Waals surface area contributed by atoms with Crippen molar-refractivity contribution in [1.29, 1.82) is 0 Å². The minimum absolute atomic E-state index is 0.187. The molecule has 0 fully saturated rings. The lowest BCUT2D eigenvalue weighted by Crippen LogP contribution is -2.24. The van der Waals surface area contributed by atoms with E-state index in [1.165, 1.54) is 18.2 Å². The van der Waals surface area contributed by atoms with Gasteiger partial charge in [0.2, 0.25) is 5.78 Å². The molecular weight excluding hydrogens is 332 g/mol. The molecule has 0 saturated carbocycles. The lowest BCUT2D eigenvalue weighted by atomic mass is 9.81. The first-order valence-corrected chi connectivity index (χ1v) is 6.97. The van der Waals surface area contributed by atoms with Crippen LogP contribution in [-0.2, 0) is 4.79 Å². The van der Waals surface area contributed by atoms with Gasteiger partial charge in [-0.3, -0.25) is 14.4 Å². The average molecular weight is 342 g/mol. The molecule has 8 nitrogen and oxygen atoms in total. The Labute approximate surface area is 139 Å². The number of benzene rings is 2. The summed E-state index contributed by atoms with van der Waals surface area (Å²) in [5, 5.41) is 29.2. The molecular formula is C17H10O8. The minimum Gasteiger partial charge on any atom is -0.507 e. The molecule has 3 rings (SSSR count). The van der Waals surface area contributed by atoms with Crippen LogP contribution in [0.2, 0.25) is 0 Å². The summed E-state index contributed by atoms with van der Waals surface area (Å²) in [6.45, 7) is 1.000. The van der Waals surface area contributed by atoms with E-state index in [-0.39, 0.29) is 11.1 Å². The number of rotatable bonds is 2. The first kappa shape index (κ1) is 16.2. The van der Waals surface area contributed by atoms with Crippen molar-refractivity contribution in [3.8, 4) is 17.2 Å². The van der Waals surface area contributed by atoms with Crippen molar-refractivity contribution in [2.24, 2.45) is 0 Å². The summed E-state index contributed by atoms with van der Waals surface area (Å²) in [7, 11) is 0. The van der Waals surface area contributed by atoms with Crippen LogP contribution in [0.5, 0.6) is 17.2 Å². The number of fused-ring (bicyclic) bond motifs is 2. The third kappa shape index (κ3) is 2.31. The van der Waals surface area contributed by atoms with Crippen LogP contribution in [0.4, 0.5) is 0 Å². The van der Waals surface area contributed by atoms with Crippen LogP contribution in [0.15, 0.2) is 24.3 Å². The largest absolute Gasteiger partial charge is 0.507 e. The lowest BCUT2D eigenvalue weighted by Gasteiger charge is -2.22. The maximum absolute atomic E-state index is 12.8. The second kappa shape index (κ2) is 5.45. The van der Waals surface area contributed by atoms with Crippen LogP contribution in [0.25, 0.3) is 0 Å². The number of carboxylic acids is 1. The summed E-state index contributed by atoms with van der Waals surface area (Å²) in [5.74, 6) is -6.05. The van der Waals surface area contributed by atoms with E-state index in [4.69, 9.17) is 4.74 Å². The van der Waals surface area contributed by atoms with Gasteiger partial charge in [-0.1, -0.05) is 12.1 Å². The number of ketones is 2. The van der Waals surface area contributed by atoms with E-state index in [1.54, 1.807) is 0 Å². The molecule has 0 heterocycles. The normalized spacial score (nSPS) is 12.4. The van der Waals surface area contributed by atoms with E-state index in [1.807, 2.05) is 0 Å². The molecule has 0 atom stereocenters. The fourth-order valence-corrected chi connectivity index (χ4v) is 2.73. The maximum Gasteiger partial charge on any atom is 0.339 e. The number of aromatic hydroxyl groups is 2. The second-order valence-electron chi connectivity index (χ2n) is 5.28. The standard InChI is InChI=1S/C17H10O8/c1-6(18)25-16-8(17(23)24)5-10(20)12-13(16)14(21)7-3-2-4-9(19)11(7)15(12)22/h2-5,19-20H,1H3,(H,23,24). The van der Waals surface area contributed by atoms with Crippen LogP contribution in [0, 0.1) is 0 Å². The summed E-state index contributed by atoms with van der Waals surface area (Å²) in [5.41, 5.74) is -2.20. The molecule has 0 unspecified atom stereocenters. The molecule has 126 valence electrons. The SMILES string of the molecule is CC(=O)Oc1c(C(=O)O)cc(O)c2c1C(=O)c1cccc(O)c1C2=O. The number of phenols is 2. The number of hydrogen-bond acceptors (Lipinski definition) is 7. The van der Waals surface area contributed by atoms with Crippen molar-refractivity contribution in [1.82, 2.24) is 0 Å². The minimum atomic E-state index is -1.56. The second-order valence-corrected chi connectivity index (χ2v) is 5.28. The van der Waals surface area contributed by atoms with Crippen molar-refractivity contribution >= 4 is 23.5 Å². The number of carboxylic acid groups (broad SMARTS) is 1. The Balaban J connectivity index is 2.43. The third-order valence-corrected chi connectivity index (χ3v) is 3.70. The summed E-state index contributed by atoms with van der Waals surface area (Å²) >= 11 is 0. The number of esters is 1. The third-order valence-electron chi connectivity index (χ3n) is 3.70. The van der Waals surface area contributed by atoms with Crippen LogP contribution in [0.1, 0.15) is 49.1 Å². The van der Waals surface area contributed by atoms with Gasteiger partial charge in [-0.2, -0.15) is 0 Å². The molecule has 0 saturated heterocycles. The van der Waals surface area contributed by atoms with Gasteiger partial charge in [0, 0.05) is 12.5 Å². The monoisotopic (exact) mass is 342 g/mol. The Hall–Kier alpha value is -3.68. The summed E-state index contributed by atoms with van der Waals surface area (Å²) in [4.78, 5) is 48.2. The van der Waals surface area contributed by atoms with Crippen LogP contribution < -0.4 is 4.74 Å². The molecule has 0 radical (unpaired) electrons. The van der Waals surface area contributed by atoms with Gasteiger partial charge in [0.05, 0.1) is 16.7 Å². The molecule has 1 aliphatic carbocycles. The van der Waals surface area contributed by atoms with Gasteiger partial charge in [0.25, 0.3) is 0 Å². The summed E-state index contributed by atoms with van der Waals surface area (Å²) in [6, 6.07) is 4.51. The smallest absolute Gasteiger partial charge is 0.339 e. The van der Waals surface area contributed by atoms with Crippen molar-refractivity contribution in [3.63, 3.8) is 0 Å². The summed E-state index contributed by atoms with van der Waals surface area (Å²) < 4.78 is 4.86. The van der Waals surface area contributed by atoms with E-state index in [0.29, 0.717) is 0 Å². The number of hydrogen-bond donors (Lipinski definition) is 3. The highest BCUT2D eigenvalue weighted by Crippen LogP contribution is 2.42. The van der Waals surface area contributed by atoms with Gasteiger partial charge in [-0.05, 0) is 12.1 Å². The fraction of sp³-hybridized carbons (Fsp3) is 0.0588. The lowest BCUT2D eigenvalue weighted by molar-refractivity contribution is -0.131. The molecule has 0 spiro atoms. The Morgan fingerprint density at radius 3 is 2.24 bits per heavy atom. The highest BCUT2D eigenvalue weighted by molar-refractivity contribution is 6.31. The highest BCUT2D eigenvalue weighted by atomic mass is 16.5. The number of ether oxygens (including phenoxy) is 1.